The van der Waals surface area contributed by atoms with Gasteiger partial charge in [0.25, 0.3) is 0 Å². The molecule has 3 rings (SSSR count). The first-order valence-electron chi connectivity index (χ1n) is 9.37. The van der Waals surface area contributed by atoms with Crippen molar-refractivity contribution in [3.63, 3.8) is 0 Å². The van der Waals surface area contributed by atoms with Crippen LogP contribution in [0.3, 0.4) is 0 Å². The first kappa shape index (κ1) is 18.9. The molecular weight excluding hydrogens is 380 g/mol. The predicted molar refractivity (Wildman–Crippen MR) is 106 cm³/mol. The largest absolute Gasteiger partial charge is 0.357 e. The molecule has 25 heavy (non-hydrogen) atoms. The van der Waals surface area contributed by atoms with Crippen LogP contribution in [-0.2, 0) is 15.9 Å². The number of halogens is 1. The van der Waals surface area contributed by atoms with Gasteiger partial charge in [-0.25, -0.2) is 0 Å². The molecule has 1 unspecified atom stereocenters. The highest BCUT2D eigenvalue weighted by Gasteiger charge is 2.28. The van der Waals surface area contributed by atoms with Crippen LogP contribution in [0, 0.1) is 0 Å². The van der Waals surface area contributed by atoms with Crippen LogP contribution in [0.5, 0.6) is 0 Å². The number of nitrogens with zero attached hydrogens (tertiary/aromatic N) is 1. The van der Waals surface area contributed by atoms with E-state index >= 15 is 0 Å². The molecule has 1 aliphatic heterocycles. The molecule has 0 fully saturated rings. The van der Waals surface area contributed by atoms with Gasteiger partial charge in [0, 0.05) is 46.9 Å². The third kappa shape index (κ3) is 4.27. The Morgan fingerprint density at radius 1 is 1.28 bits per heavy atom. The molecule has 5 heteroatoms. The van der Waals surface area contributed by atoms with Gasteiger partial charge in [0.1, 0.15) is 0 Å². The summed E-state index contributed by atoms with van der Waals surface area (Å²) in [6.07, 6.45) is 4.21. The molecule has 2 aromatic rings. The fourth-order valence-corrected chi connectivity index (χ4v) is 4.26. The summed E-state index contributed by atoms with van der Waals surface area (Å²) in [4.78, 5) is 6.17. The molecule has 0 spiro atoms. The van der Waals surface area contributed by atoms with Gasteiger partial charge in [-0.2, -0.15) is 0 Å². The van der Waals surface area contributed by atoms with Crippen LogP contribution < -0.4 is 0 Å². The van der Waals surface area contributed by atoms with Crippen molar-refractivity contribution in [2.75, 3.05) is 26.8 Å². The number of fused-ring (bicyclic) bond motifs is 3. The summed E-state index contributed by atoms with van der Waals surface area (Å²) in [7, 11) is 2.23. The number of benzene rings is 1. The van der Waals surface area contributed by atoms with E-state index in [9.17, 15) is 0 Å². The van der Waals surface area contributed by atoms with Gasteiger partial charge in [-0.05, 0) is 64.3 Å². The van der Waals surface area contributed by atoms with Gasteiger partial charge in [0.2, 0.25) is 0 Å². The minimum absolute atomic E-state index is 0.0676. The zero-order chi connectivity index (χ0) is 17.8. The zero-order valence-corrected chi connectivity index (χ0v) is 17.1. The average Bonchev–Trinajstić information content (AvgIpc) is 2.94. The second-order valence-corrected chi connectivity index (χ2v) is 7.64. The van der Waals surface area contributed by atoms with Gasteiger partial charge >= 0.3 is 0 Å². The zero-order valence-electron chi connectivity index (χ0n) is 15.5. The Labute approximate surface area is 159 Å². The highest BCUT2D eigenvalue weighted by molar-refractivity contribution is 9.10. The van der Waals surface area contributed by atoms with Crippen molar-refractivity contribution in [2.45, 2.75) is 51.9 Å². The van der Waals surface area contributed by atoms with E-state index in [2.05, 4.69) is 51.1 Å². The molecule has 2 heterocycles. The average molecular weight is 409 g/mol. The van der Waals surface area contributed by atoms with Crippen molar-refractivity contribution < 1.29 is 9.47 Å². The second kappa shape index (κ2) is 8.67. The lowest BCUT2D eigenvalue weighted by Gasteiger charge is -2.33. The first-order valence-corrected chi connectivity index (χ1v) is 10.2. The Morgan fingerprint density at radius 3 is 2.76 bits per heavy atom. The molecule has 0 radical (unpaired) electrons. The molecular formula is C20H29BrN2O2. The van der Waals surface area contributed by atoms with Gasteiger partial charge < -0.3 is 14.5 Å². The molecule has 0 amide bonds. The van der Waals surface area contributed by atoms with E-state index in [-0.39, 0.29) is 6.29 Å². The van der Waals surface area contributed by atoms with E-state index < -0.39 is 0 Å². The van der Waals surface area contributed by atoms with Crippen LogP contribution >= 0.6 is 15.9 Å². The first-order chi connectivity index (χ1) is 12.1. The topological polar surface area (TPSA) is 37.5 Å². The second-order valence-electron chi connectivity index (χ2n) is 6.72. The van der Waals surface area contributed by atoms with E-state index in [1.54, 1.807) is 0 Å². The molecule has 1 atom stereocenters. The lowest BCUT2D eigenvalue weighted by atomic mass is 9.94. The van der Waals surface area contributed by atoms with Gasteiger partial charge in [0.15, 0.2) is 6.29 Å². The Balaban J connectivity index is 1.73. The summed E-state index contributed by atoms with van der Waals surface area (Å²) in [6.45, 7) is 6.57. The molecule has 1 N–H and O–H groups in total. The van der Waals surface area contributed by atoms with E-state index in [1.807, 2.05) is 13.8 Å². The molecule has 1 aromatic heterocycles. The molecule has 0 saturated carbocycles. The van der Waals surface area contributed by atoms with E-state index in [4.69, 9.17) is 9.47 Å². The molecule has 0 bridgehead atoms. The lowest BCUT2D eigenvalue weighted by molar-refractivity contribution is -0.140. The smallest absolute Gasteiger partial charge is 0.157 e. The summed E-state index contributed by atoms with van der Waals surface area (Å²) in [6, 6.07) is 7.00. The number of hydrogen-bond acceptors (Lipinski definition) is 3. The maximum atomic E-state index is 5.68. The number of likely N-dealkylation sites (N-methyl/N-ethyl adjacent to an activating group) is 1. The number of aromatic amines is 1. The maximum absolute atomic E-state index is 5.68. The number of rotatable bonds is 8. The quantitative estimate of drug-likeness (QED) is 0.622. The van der Waals surface area contributed by atoms with Crippen molar-refractivity contribution in [1.82, 2.24) is 9.88 Å². The van der Waals surface area contributed by atoms with Crippen molar-refractivity contribution in [3.8, 4) is 0 Å². The molecule has 138 valence electrons. The highest BCUT2D eigenvalue weighted by atomic mass is 79.9. The van der Waals surface area contributed by atoms with Crippen molar-refractivity contribution in [2.24, 2.45) is 0 Å². The predicted octanol–water partition coefficient (Wildman–Crippen LogP) is 5.03. The Kier molecular flexibility index (Phi) is 6.55. The van der Waals surface area contributed by atoms with E-state index in [1.165, 1.54) is 22.2 Å². The molecule has 0 saturated heterocycles. The summed E-state index contributed by atoms with van der Waals surface area (Å²) in [5.74, 6) is 0. The van der Waals surface area contributed by atoms with Crippen LogP contribution in [0.25, 0.3) is 10.9 Å². The Morgan fingerprint density at radius 2 is 2.04 bits per heavy atom. The fourth-order valence-electron chi connectivity index (χ4n) is 3.90. The maximum Gasteiger partial charge on any atom is 0.157 e. The van der Waals surface area contributed by atoms with Gasteiger partial charge in [-0.3, -0.25) is 4.90 Å². The van der Waals surface area contributed by atoms with Gasteiger partial charge in [0.05, 0.1) is 0 Å². The van der Waals surface area contributed by atoms with Crippen LogP contribution in [0.1, 0.15) is 50.4 Å². The van der Waals surface area contributed by atoms with Crippen LogP contribution in [0.15, 0.2) is 22.7 Å². The lowest BCUT2D eigenvalue weighted by Crippen LogP contribution is -2.32. The Hall–Kier alpha value is -0.880. The third-order valence-corrected chi connectivity index (χ3v) is 5.60. The van der Waals surface area contributed by atoms with E-state index in [0.717, 1.165) is 36.7 Å². The van der Waals surface area contributed by atoms with Crippen molar-refractivity contribution in [1.29, 1.82) is 0 Å². The standard InChI is InChI=1S/C20H29BrN2O2/c1-4-24-19(25-5-2)8-6-7-18-20-16(11-12-23(18)3)15-10-9-14(21)13-17(15)22-20/h9-10,13,18-19,22H,4-8,11-12H2,1-3H3. The molecule has 4 nitrogen and oxygen atoms in total. The van der Waals surface area contributed by atoms with Crippen molar-refractivity contribution in [3.05, 3.63) is 33.9 Å². The van der Waals surface area contributed by atoms with Crippen LogP contribution in [-0.4, -0.2) is 43.0 Å². The number of H-pyrrole nitrogens is 1. The van der Waals surface area contributed by atoms with E-state index in [0.29, 0.717) is 19.3 Å². The number of ether oxygens (including phenoxy) is 2. The monoisotopic (exact) mass is 408 g/mol. The fraction of sp³-hybridized carbons (Fsp3) is 0.600. The summed E-state index contributed by atoms with van der Waals surface area (Å²) in [5.41, 5.74) is 4.13. The third-order valence-electron chi connectivity index (χ3n) is 5.10. The summed E-state index contributed by atoms with van der Waals surface area (Å²) >= 11 is 3.58. The van der Waals surface area contributed by atoms with Gasteiger partial charge in [-0.1, -0.05) is 22.0 Å². The summed E-state index contributed by atoms with van der Waals surface area (Å²) in [5, 5.41) is 1.37. The number of nitrogens with one attached hydrogen (secondary N) is 1. The molecule has 1 aromatic carbocycles. The van der Waals surface area contributed by atoms with Crippen LogP contribution in [0.4, 0.5) is 0 Å². The minimum atomic E-state index is -0.0676. The Bertz CT molecular complexity index is 694. The molecule has 0 aliphatic carbocycles. The molecule has 1 aliphatic rings. The summed E-state index contributed by atoms with van der Waals surface area (Å²) < 4.78 is 12.5. The minimum Gasteiger partial charge on any atom is -0.357 e. The van der Waals surface area contributed by atoms with Gasteiger partial charge in [-0.15, -0.1) is 0 Å². The normalized spacial score (nSPS) is 18.2. The number of aromatic nitrogens is 1. The van der Waals surface area contributed by atoms with Crippen LogP contribution in [0.2, 0.25) is 0 Å². The number of hydrogen-bond donors (Lipinski definition) is 1. The highest BCUT2D eigenvalue weighted by Crippen LogP contribution is 2.37. The van der Waals surface area contributed by atoms with Crippen molar-refractivity contribution >= 4 is 26.8 Å². The SMILES string of the molecule is CCOC(CCCC1c2[nH]c3cc(Br)ccc3c2CCN1C)OCC.